The highest BCUT2D eigenvalue weighted by atomic mass is 16.7. The van der Waals surface area contributed by atoms with Crippen LogP contribution in [0.4, 0.5) is 10.5 Å². The third kappa shape index (κ3) is 4.97. The van der Waals surface area contributed by atoms with E-state index in [9.17, 15) is 4.79 Å². The van der Waals surface area contributed by atoms with E-state index < -0.39 is 0 Å². The molecule has 1 atom stereocenters. The van der Waals surface area contributed by atoms with Gasteiger partial charge in [0, 0.05) is 25.9 Å². The number of hydrogen-bond donors (Lipinski definition) is 1. The number of methoxy groups -OCH3 is 1. The van der Waals surface area contributed by atoms with E-state index >= 15 is 0 Å². The second-order valence-corrected chi connectivity index (χ2v) is 5.08. The van der Waals surface area contributed by atoms with E-state index in [0.29, 0.717) is 18.0 Å². The molecule has 0 saturated heterocycles. The van der Waals surface area contributed by atoms with Crippen molar-refractivity contribution in [3.63, 3.8) is 0 Å². The van der Waals surface area contributed by atoms with E-state index in [1.54, 1.807) is 19.2 Å². The monoisotopic (exact) mass is 330 g/mol. The minimum Gasteiger partial charge on any atom is -0.490 e. The summed E-state index contributed by atoms with van der Waals surface area (Å²) in [5.41, 5.74) is 1.67. The Balaban J connectivity index is 1.97. The molecular weight excluding hydrogens is 308 g/mol. The second kappa shape index (κ2) is 8.90. The lowest BCUT2D eigenvalue weighted by Gasteiger charge is -2.18. The molecule has 6 heteroatoms. The number of urea groups is 1. The molecule has 0 aliphatic rings. The van der Waals surface area contributed by atoms with Crippen LogP contribution in [-0.2, 0) is 9.57 Å². The van der Waals surface area contributed by atoms with Crippen LogP contribution in [0.1, 0.15) is 11.7 Å². The number of benzene rings is 2. The van der Waals surface area contributed by atoms with Gasteiger partial charge in [-0.2, -0.15) is 0 Å². The highest BCUT2D eigenvalue weighted by Crippen LogP contribution is 2.21. The summed E-state index contributed by atoms with van der Waals surface area (Å²) in [7, 11) is 4.60. The van der Waals surface area contributed by atoms with Crippen molar-refractivity contribution in [1.29, 1.82) is 0 Å². The van der Waals surface area contributed by atoms with E-state index in [1.807, 2.05) is 42.5 Å². The van der Waals surface area contributed by atoms with Crippen molar-refractivity contribution in [2.24, 2.45) is 0 Å². The van der Waals surface area contributed by atoms with Gasteiger partial charge < -0.3 is 14.8 Å². The largest absolute Gasteiger partial charge is 0.490 e. The highest BCUT2D eigenvalue weighted by Gasteiger charge is 2.12. The van der Waals surface area contributed by atoms with Crippen molar-refractivity contribution in [1.82, 2.24) is 5.06 Å². The van der Waals surface area contributed by atoms with Gasteiger partial charge in [0.15, 0.2) is 0 Å². The fourth-order valence-corrected chi connectivity index (χ4v) is 2.09. The van der Waals surface area contributed by atoms with Crippen molar-refractivity contribution in [3.05, 3.63) is 60.2 Å². The molecule has 2 amide bonds. The van der Waals surface area contributed by atoms with Gasteiger partial charge in [0.05, 0.1) is 7.11 Å². The first kappa shape index (κ1) is 17.8. The summed E-state index contributed by atoms with van der Waals surface area (Å²) in [5, 5.41) is 3.82. The molecule has 2 aromatic carbocycles. The number of anilines is 1. The van der Waals surface area contributed by atoms with E-state index in [0.717, 1.165) is 10.6 Å². The topological polar surface area (TPSA) is 60.0 Å². The van der Waals surface area contributed by atoms with Gasteiger partial charge in [0.2, 0.25) is 0 Å². The number of hydrogen-bond acceptors (Lipinski definition) is 4. The van der Waals surface area contributed by atoms with Crippen LogP contribution in [0.15, 0.2) is 54.6 Å². The Bertz CT molecular complexity index is 648. The van der Waals surface area contributed by atoms with Gasteiger partial charge in [-0.05, 0) is 17.7 Å². The van der Waals surface area contributed by atoms with Crippen LogP contribution in [-0.4, -0.2) is 39.0 Å². The van der Waals surface area contributed by atoms with Gasteiger partial charge in [0.1, 0.15) is 18.5 Å². The molecule has 6 nitrogen and oxygen atoms in total. The summed E-state index contributed by atoms with van der Waals surface area (Å²) < 4.78 is 11.3. The molecule has 24 heavy (non-hydrogen) atoms. The van der Waals surface area contributed by atoms with Crippen LogP contribution in [0, 0.1) is 0 Å². The summed E-state index contributed by atoms with van der Waals surface area (Å²) >= 11 is 0. The molecule has 0 aliphatic heterocycles. The number of nitrogens with one attached hydrogen (secondary N) is 1. The lowest BCUT2D eigenvalue weighted by Crippen LogP contribution is -2.30. The zero-order chi connectivity index (χ0) is 17.4. The number of amides is 2. The Labute approximate surface area is 141 Å². The predicted molar refractivity (Wildman–Crippen MR) is 91.9 cm³/mol. The van der Waals surface area contributed by atoms with Gasteiger partial charge in [-0.3, -0.25) is 4.84 Å². The Morgan fingerprint density at radius 2 is 1.88 bits per heavy atom. The van der Waals surface area contributed by atoms with Crippen molar-refractivity contribution in [3.8, 4) is 5.75 Å². The van der Waals surface area contributed by atoms with Gasteiger partial charge in [-0.25, -0.2) is 9.86 Å². The number of carbonyl (C=O) groups is 1. The standard InChI is InChI=1S/C18H22N2O4/c1-20(23-3)18(21)19-15-10-7-11-16(12-15)24-13-17(22-2)14-8-5-4-6-9-14/h4-12,17H,13H2,1-3H3,(H,19,21). The van der Waals surface area contributed by atoms with E-state index in [4.69, 9.17) is 14.3 Å². The molecule has 0 spiro atoms. The fourth-order valence-electron chi connectivity index (χ4n) is 2.09. The Kier molecular flexibility index (Phi) is 6.60. The minimum absolute atomic E-state index is 0.163. The third-order valence-electron chi connectivity index (χ3n) is 3.50. The molecule has 1 N–H and O–H groups in total. The Hall–Kier alpha value is -2.57. The molecule has 0 aromatic heterocycles. The summed E-state index contributed by atoms with van der Waals surface area (Å²) in [4.78, 5) is 16.6. The van der Waals surface area contributed by atoms with Crippen LogP contribution in [0.25, 0.3) is 0 Å². The Morgan fingerprint density at radius 1 is 1.12 bits per heavy atom. The molecule has 0 aliphatic carbocycles. The van der Waals surface area contributed by atoms with Crippen LogP contribution >= 0.6 is 0 Å². The molecule has 0 radical (unpaired) electrons. The molecule has 2 aromatic rings. The van der Waals surface area contributed by atoms with E-state index in [2.05, 4.69) is 5.32 Å². The zero-order valence-corrected chi connectivity index (χ0v) is 14.1. The molecule has 0 fully saturated rings. The van der Waals surface area contributed by atoms with Crippen LogP contribution < -0.4 is 10.1 Å². The number of carbonyl (C=O) groups excluding carboxylic acids is 1. The molecule has 128 valence electrons. The number of nitrogens with zero attached hydrogens (tertiary/aromatic N) is 1. The average Bonchev–Trinajstić information content (AvgIpc) is 2.62. The lowest BCUT2D eigenvalue weighted by atomic mass is 10.1. The van der Waals surface area contributed by atoms with E-state index in [-0.39, 0.29) is 12.1 Å². The van der Waals surface area contributed by atoms with Gasteiger partial charge in [-0.15, -0.1) is 0 Å². The number of rotatable bonds is 7. The maximum Gasteiger partial charge on any atom is 0.345 e. The quantitative estimate of drug-likeness (QED) is 0.790. The smallest absolute Gasteiger partial charge is 0.345 e. The number of ether oxygens (including phenoxy) is 2. The zero-order valence-electron chi connectivity index (χ0n) is 14.1. The van der Waals surface area contributed by atoms with Crippen LogP contribution in [0.3, 0.4) is 0 Å². The highest BCUT2D eigenvalue weighted by molar-refractivity contribution is 5.88. The summed E-state index contributed by atoms with van der Waals surface area (Å²) in [6, 6.07) is 16.7. The number of hydroxylamine groups is 2. The normalized spacial score (nSPS) is 11.6. The second-order valence-electron chi connectivity index (χ2n) is 5.08. The summed E-state index contributed by atoms with van der Waals surface area (Å²) in [5.74, 6) is 0.644. The SMILES string of the molecule is COC(COc1cccc(NC(=O)N(C)OC)c1)c1ccccc1. The first-order valence-electron chi connectivity index (χ1n) is 7.53. The summed E-state index contributed by atoms with van der Waals surface area (Å²) in [6.07, 6.45) is -0.163. The van der Waals surface area contributed by atoms with Gasteiger partial charge in [-0.1, -0.05) is 36.4 Å². The molecule has 0 heterocycles. The van der Waals surface area contributed by atoms with Gasteiger partial charge in [0.25, 0.3) is 0 Å². The van der Waals surface area contributed by atoms with Crippen molar-refractivity contribution >= 4 is 11.7 Å². The lowest BCUT2D eigenvalue weighted by molar-refractivity contribution is -0.0598. The first-order chi connectivity index (χ1) is 11.6. The van der Waals surface area contributed by atoms with Crippen molar-refractivity contribution in [2.75, 3.05) is 33.2 Å². The Morgan fingerprint density at radius 3 is 2.54 bits per heavy atom. The molecule has 1 unspecified atom stereocenters. The van der Waals surface area contributed by atoms with Crippen LogP contribution in [0.2, 0.25) is 0 Å². The summed E-state index contributed by atoms with van der Waals surface area (Å²) in [6.45, 7) is 0.371. The molecular formula is C18H22N2O4. The maximum absolute atomic E-state index is 11.8. The molecule has 2 rings (SSSR count). The van der Waals surface area contributed by atoms with Gasteiger partial charge >= 0.3 is 6.03 Å². The van der Waals surface area contributed by atoms with Crippen LogP contribution in [0.5, 0.6) is 5.75 Å². The minimum atomic E-state index is -0.367. The molecule has 0 bridgehead atoms. The maximum atomic E-state index is 11.8. The van der Waals surface area contributed by atoms with Crippen molar-refractivity contribution < 1.29 is 19.1 Å². The average molecular weight is 330 g/mol. The van der Waals surface area contributed by atoms with E-state index in [1.165, 1.54) is 14.2 Å². The fraction of sp³-hybridized carbons (Fsp3) is 0.278. The van der Waals surface area contributed by atoms with Crippen molar-refractivity contribution in [2.45, 2.75) is 6.10 Å². The molecule has 0 saturated carbocycles. The third-order valence-corrected chi connectivity index (χ3v) is 3.50. The first-order valence-corrected chi connectivity index (χ1v) is 7.53. The predicted octanol–water partition coefficient (Wildman–Crippen LogP) is 3.48.